The van der Waals surface area contributed by atoms with E-state index in [1.165, 1.54) is 12.1 Å². The van der Waals surface area contributed by atoms with Gasteiger partial charge in [-0.3, -0.25) is 9.69 Å². The molecule has 0 fully saturated rings. The number of benzene rings is 1. The molecule has 1 unspecified atom stereocenters. The molecule has 21 heavy (non-hydrogen) atoms. The van der Waals surface area contributed by atoms with Gasteiger partial charge in [-0.25, -0.2) is 4.39 Å². The zero-order valence-electron chi connectivity index (χ0n) is 11.1. The summed E-state index contributed by atoms with van der Waals surface area (Å²) in [7, 11) is 0. The second kappa shape index (κ2) is 5.87. The molecule has 0 saturated carbocycles. The van der Waals surface area contributed by atoms with Crippen LogP contribution >= 0.6 is 27.3 Å². The molecule has 2 aromatic rings. The molecule has 2 heterocycles. The molecular weight excluding hydrogens is 357 g/mol. The lowest BCUT2D eigenvalue weighted by Crippen LogP contribution is -2.38. The highest BCUT2D eigenvalue weighted by Gasteiger charge is 2.33. The standard InChI is InChI=1S/C15H13BrFNO2S/c16-10-5-9(6-11(17)7-10)8-18-3-1-13-12(2-4-21-13)14(18)15(19)20/h2,4-7,14H,1,3,8H2,(H,19,20). The van der Waals surface area contributed by atoms with Gasteiger partial charge in [-0.1, -0.05) is 15.9 Å². The van der Waals surface area contributed by atoms with Gasteiger partial charge in [-0.2, -0.15) is 0 Å². The van der Waals surface area contributed by atoms with Gasteiger partial charge in [0.15, 0.2) is 0 Å². The Labute approximate surface area is 134 Å². The summed E-state index contributed by atoms with van der Waals surface area (Å²) in [6.07, 6.45) is 0.841. The molecule has 0 amide bonds. The van der Waals surface area contributed by atoms with Crippen molar-refractivity contribution >= 4 is 33.2 Å². The van der Waals surface area contributed by atoms with Crippen LogP contribution in [0.2, 0.25) is 0 Å². The van der Waals surface area contributed by atoms with E-state index in [1.807, 2.05) is 22.4 Å². The van der Waals surface area contributed by atoms with E-state index >= 15 is 0 Å². The Balaban J connectivity index is 1.89. The molecule has 1 aliphatic rings. The number of carboxylic acids is 1. The monoisotopic (exact) mass is 369 g/mol. The summed E-state index contributed by atoms with van der Waals surface area (Å²) in [4.78, 5) is 14.7. The average molecular weight is 370 g/mol. The van der Waals surface area contributed by atoms with E-state index in [0.29, 0.717) is 17.6 Å². The molecule has 0 bridgehead atoms. The van der Waals surface area contributed by atoms with Gasteiger partial charge in [0.05, 0.1) is 0 Å². The number of hydrogen-bond donors (Lipinski definition) is 1. The summed E-state index contributed by atoms with van der Waals surface area (Å²) in [6.45, 7) is 1.08. The fraction of sp³-hybridized carbons (Fsp3) is 0.267. The number of fused-ring (bicyclic) bond motifs is 1. The molecule has 6 heteroatoms. The minimum absolute atomic E-state index is 0.320. The first-order chi connectivity index (χ1) is 10.0. The molecule has 1 N–H and O–H groups in total. The normalized spacial score (nSPS) is 18.5. The summed E-state index contributed by atoms with van der Waals surface area (Å²) >= 11 is 4.87. The second-order valence-electron chi connectivity index (χ2n) is 5.04. The summed E-state index contributed by atoms with van der Waals surface area (Å²) in [5, 5.41) is 11.5. The Morgan fingerprint density at radius 2 is 2.29 bits per heavy atom. The first kappa shape index (κ1) is 14.7. The molecule has 0 spiro atoms. The molecule has 110 valence electrons. The zero-order valence-corrected chi connectivity index (χ0v) is 13.5. The number of nitrogens with zero attached hydrogens (tertiary/aromatic N) is 1. The highest BCUT2D eigenvalue weighted by molar-refractivity contribution is 9.10. The number of aliphatic carboxylic acids is 1. The van der Waals surface area contributed by atoms with E-state index in [0.717, 1.165) is 22.4 Å². The van der Waals surface area contributed by atoms with Crippen LogP contribution < -0.4 is 0 Å². The van der Waals surface area contributed by atoms with Crippen molar-refractivity contribution in [2.75, 3.05) is 6.54 Å². The van der Waals surface area contributed by atoms with Crippen LogP contribution in [-0.4, -0.2) is 22.5 Å². The van der Waals surface area contributed by atoms with Gasteiger partial charge >= 0.3 is 5.97 Å². The highest BCUT2D eigenvalue weighted by Crippen LogP contribution is 2.34. The first-order valence-electron chi connectivity index (χ1n) is 6.52. The van der Waals surface area contributed by atoms with E-state index < -0.39 is 12.0 Å². The molecule has 3 nitrogen and oxygen atoms in total. The van der Waals surface area contributed by atoms with Crippen LogP contribution in [0.4, 0.5) is 4.39 Å². The van der Waals surface area contributed by atoms with Crippen LogP contribution in [0.15, 0.2) is 34.1 Å². The maximum atomic E-state index is 13.5. The summed E-state index contributed by atoms with van der Waals surface area (Å²) in [6, 6.07) is 5.90. The van der Waals surface area contributed by atoms with Crippen LogP contribution in [0.3, 0.4) is 0 Å². The third kappa shape index (κ3) is 3.02. The molecular formula is C15H13BrFNO2S. The topological polar surface area (TPSA) is 40.5 Å². The third-order valence-electron chi connectivity index (χ3n) is 3.61. The van der Waals surface area contributed by atoms with Gasteiger partial charge in [-0.15, -0.1) is 11.3 Å². The van der Waals surface area contributed by atoms with E-state index in [1.54, 1.807) is 11.3 Å². The smallest absolute Gasteiger partial charge is 0.325 e. The van der Waals surface area contributed by atoms with Gasteiger partial charge in [0.1, 0.15) is 11.9 Å². The predicted octanol–water partition coefficient (Wildman–Crippen LogP) is 3.83. The van der Waals surface area contributed by atoms with Crippen molar-refractivity contribution in [3.63, 3.8) is 0 Å². The number of carboxylic acid groups (broad SMARTS) is 1. The van der Waals surface area contributed by atoms with Gasteiger partial charge in [0.2, 0.25) is 0 Å². The number of halogens is 2. The SMILES string of the molecule is O=C(O)C1c2ccsc2CCN1Cc1cc(F)cc(Br)c1. The van der Waals surface area contributed by atoms with Crippen molar-refractivity contribution in [1.82, 2.24) is 4.90 Å². The van der Waals surface area contributed by atoms with Crippen LogP contribution in [0.1, 0.15) is 22.0 Å². The molecule has 0 aliphatic carbocycles. The lowest BCUT2D eigenvalue weighted by molar-refractivity contribution is -0.144. The fourth-order valence-electron chi connectivity index (χ4n) is 2.76. The van der Waals surface area contributed by atoms with Gasteiger partial charge in [-0.05, 0) is 47.2 Å². The average Bonchev–Trinajstić information content (AvgIpc) is 2.84. The second-order valence-corrected chi connectivity index (χ2v) is 6.95. The van der Waals surface area contributed by atoms with Gasteiger partial charge in [0.25, 0.3) is 0 Å². The number of carbonyl (C=O) groups is 1. The highest BCUT2D eigenvalue weighted by atomic mass is 79.9. The molecule has 1 aromatic heterocycles. The van der Waals surface area contributed by atoms with Crippen LogP contribution in [0, 0.1) is 5.82 Å². The summed E-state index contributed by atoms with van der Waals surface area (Å²) < 4.78 is 14.1. The number of rotatable bonds is 3. The van der Waals surface area contributed by atoms with Crippen molar-refractivity contribution in [1.29, 1.82) is 0 Å². The van der Waals surface area contributed by atoms with Crippen LogP contribution in [0.5, 0.6) is 0 Å². The Kier molecular flexibility index (Phi) is 4.10. The first-order valence-corrected chi connectivity index (χ1v) is 8.20. The molecule has 1 aromatic carbocycles. The Morgan fingerprint density at radius 1 is 1.48 bits per heavy atom. The maximum absolute atomic E-state index is 13.5. The lowest BCUT2D eigenvalue weighted by Gasteiger charge is -2.33. The van der Waals surface area contributed by atoms with E-state index in [-0.39, 0.29) is 5.82 Å². The van der Waals surface area contributed by atoms with Crippen LogP contribution in [0.25, 0.3) is 0 Å². The van der Waals surface area contributed by atoms with E-state index in [4.69, 9.17) is 0 Å². The van der Waals surface area contributed by atoms with Crippen molar-refractivity contribution in [3.8, 4) is 0 Å². The number of thiophene rings is 1. The minimum Gasteiger partial charge on any atom is -0.480 e. The molecule has 3 rings (SSSR count). The Hall–Kier alpha value is -1.24. The maximum Gasteiger partial charge on any atom is 0.325 e. The van der Waals surface area contributed by atoms with Crippen molar-refractivity contribution in [3.05, 3.63) is 55.9 Å². The molecule has 0 saturated heterocycles. The summed E-state index contributed by atoms with van der Waals surface area (Å²) in [5.41, 5.74) is 1.64. The zero-order chi connectivity index (χ0) is 15.0. The fourth-order valence-corrected chi connectivity index (χ4v) is 4.18. The van der Waals surface area contributed by atoms with Crippen molar-refractivity contribution in [2.45, 2.75) is 19.0 Å². The molecule has 1 atom stereocenters. The van der Waals surface area contributed by atoms with Crippen molar-refractivity contribution in [2.24, 2.45) is 0 Å². The van der Waals surface area contributed by atoms with Crippen LogP contribution in [-0.2, 0) is 17.8 Å². The third-order valence-corrected chi connectivity index (χ3v) is 5.06. The van der Waals surface area contributed by atoms with E-state index in [9.17, 15) is 14.3 Å². The number of hydrogen-bond acceptors (Lipinski definition) is 3. The quantitative estimate of drug-likeness (QED) is 0.893. The minimum atomic E-state index is -0.857. The van der Waals surface area contributed by atoms with Crippen molar-refractivity contribution < 1.29 is 14.3 Å². The molecule has 1 aliphatic heterocycles. The Morgan fingerprint density at radius 3 is 3.00 bits per heavy atom. The lowest BCUT2D eigenvalue weighted by atomic mass is 9.99. The van der Waals surface area contributed by atoms with Gasteiger partial charge < -0.3 is 5.11 Å². The van der Waals surface area contributed by atoms with Gasteiger partial charge in [0, 0.05) is 22.4 Å². The largest absolute Gasteiger partial charge is 0.480 e. The predicted molar refractivity (Wildman–Crippen MR) is 82.9 cm³/mol. The van der Waals surface area contributed by atoms with E-state index in [2.05, 4.69) is 15.9 Å². The Bertz CT molecular complexity index is 668. The summed E-state index contributed by atoms with van der Waals surface area (Å²) in [5.74, 6) is -1.18. The molecule has 0 radical (unpaired) electrons.